The Morgan fingerprint density at radius 2 is 1.79 bits per heavy atom. The van der Waals surface area contributed by atoms with Crippen molar-refractivity contribution in [3.05, 3.63) is 70.8 Å². The molecule has 152 valence electrons. The molecule has 5 nitrogen and oxygen atoms in total. The third-order valence-electron chi connectivity index (χ3n) is 4.10. The topological polar surface area (TPSA) is 59.9 Å². The van der Waals surface area contributed by atoms with Crippen molar-refractivity contribution in [2.45, 2.75) is 25.9 Å². The minimum atomic E-state index is -4.37. The van der Waals surface area contributed by atoms with Crippen LogP contribution in [0.5, 0.6) is 11.6 Å². The standard InChI is InChI=1S/C20H18ClF3N4O/c1-2-16-18(21)19(28-12-27-16)25-10-9-13-3-8-17(26-11-13)29-15-6-4-14(5-7-15)20(22,23)24/h3-8,11-12H,2,9-10H2,1H3,(H,25,27,28). The maximum Gasteiger partial charge on any atom is 0.416 e. The summed E-state index contributed by atoms with van der Waals surface area (Å²) in [5.74, 6) is 1.17. The molecule has 0 aliphatic heterocycles. The second-order valence-corrected chi connectivity index (χ2v) is 6.52. The quantitative estimate of drug-likeness (QED) is 0.540. The summed E-state index contributed by atoms with van der Waals surface area (Å²) in [6, 6.07) is 7.97. The molecular weight excluding hydrogens is 405 g/mol. The minimum Gasteiger partial charge on any atom is -0.439 e. The first-order chi connectivity index (χ1) is 13.9. The summed E-state index contributed by atoms with van der Waals surface area (Å²) in [5, 5.41) is 3.70. The Bertz CT molecular complexity index is 947. The van der Waals surface area contributed by atoms with Gasteiger partial charge >= 0.3 is 6.18 Å². The SMILES string of the molecule is CCc1ncnc(NCCc2ccc(Oc3ccc(C(F)(F)F)cc3)nc2)c1Cl. The number of halogens is 4. The molecule has 0 unspecified atom stereocenters. The van der Waals surface area contributed by atoms with E-state index in [9.17, 15) is 13.2 Å². The third kappa shape index (κ3) is 5.57. The van der Waals surface area contributed by atoms with Gasteiger partial charge in [0.25, 0.3) is 0 Å². The number of nitrogens with zero attached hydrogens (tertiary/aromatic N) is 3. The van der Waals surface area contributed by atoms with E-state index < -0.39 is 11.7 Å². The molecule has 9 heteroatoms. The van der Waals surface area contributed by atoms with E-state index in [4.69, 9.17) is 16.3 Å². The van der Waals surface area contributed by atoms with Crippen LogP contribution in [0.15, 0.2) is 48.9 Å². The van der Waals surface area contributed by atoms with Gasteiger partial charge in [0.2, 0.25) is 5.88 Å². The predicted octanol–water partition coefficient (Wildman–Crippen LogP) is 5.55. The molecule has 0 amide bonds. The van der Waals surface area contributed by atoms with Crippen molar-refractivity contribution in [3.63, 3.8) is 0 Å². The highest BCUT2D eigenvalue weighted by atomic mass is 35.5. The largest absolute Gasteiger partial charge is 0.439 e. The molecule has 1 N–H and O–H groups in total. The van der Waals surface area contributed by atoms with Gasteiger partial charge in [0.05, 0.1) is 11.3 Å². The molecule has 0 aliphatic rings. The molecule has 1 aromatic carbocycles. The molecule has 0 spiro atoms. The molecule has 0 bridgehead atoms. The zero-order valence-corrected chi connectivity index (χ0v) is 16.3. The van der Waals surface area contributed by atoms with E-state index in [0.29, 0.717) is 29.7 Å². The van der Waals surface area contributed by atoms with Crippen molar-refractivity contribution in [2.24, 2.45) is 0 Å². The number of hydrogen-bond donors (Lipinski definition) is 1. The smallest absolute Gasteiger partial charge is 0.416 e. The zero-order valence-electron chi connectivity index (χ0n) is 15.5. The van der Waals surface area contributed by atoms with Crippen LogP contribution in [0.25, 0.3) is 0 Å². The fraction of sp³-hybridized carbons (Fsp3) is 0.250. The number of anilines is 1. The maximum atomic E-state index is 12.6. The van der Waals surface area contributed by atoms with Crippen molar-refractivity contribution in [1.29, 1.82) is 0 Å². The molecular formula is C20H18ClF3N4O. The van der Waals surface area contributed by atoms with Crippen LogP contribution in [0.2, 0.25) is 5.02 Å². The van der Waals surface area contributed by atoms with Crippen molar-refractivity contribution in [2.75, 3.05) is 11.9 Å². The van der Waals surface area contributed by atoms with Gasteiger partial charge < -0.3 is 10.1 Å². The molecule has 2 aromatic heterocycles. The maximum absolute atomic E-state index is 12.6. The van der Waals surface area contributed by atoms with Crippen LogP contribution in [0.1, 0.15) is 23.7 Å². The van der Waals surface area contributed by atoms with E-state index in [-0.39, 0.29) is 5.75 Å². The van der Waals surface area contributed by atoms with E-state index in [1.165, 1.54) is 18.5 Å². The number of rotatable bonds is 7. The molecule has 29 heavy (non-hydrogen) atoms. The Labute approximate surface area is 170 Å². The Morgan fingerprint density at radius 3 is 2.41 bits per heavy atom. The lowest BCUT2D eigenvalue weighted by Gasteiger charge is -2.10. The highest BCUT2D eigenvalue weighted by Gasteiger charge is 2.30. The third-order valence-corrected chi connectivity index (χ3v) is 4.50. The van der Waals surface area contributed by atoms with Crippen molar-refractivity contribution < 1.29 is 17.9 Å². The number of ether oxygens (including phenoxy) is 1. The Hall–Kier alpha value is -2.87. The summed E-state index contributed by atoms with van der Waals surface area (Å²) in [5.41, 5.74) is 1.02. The van der Waals surface area contributed by atoms with Crippen molar-refractivity contribution >= 4 is 17.4 Å². The monoisotopic (exact) mass is 422 g/mol. The molecule has 2 heterocycles. The van der Waals surface area contributed by atoms with Crippen LogP contribution < -0.4 is 10.1 Å². The Morgan fingerprint density at radius 1 is 1.03 bits per heavy atom. The van der Waals surface area contributed by atoms with E-state index in [1.807, 2.05) is 13.0 Å². The molecule has 3 aromatic rings. The molecule has 0 fully saturated rings. The van der Waals surface area contributed by atoms with Gasteiger partial charge in [-0.2, -0.15) is 13.2 Å². The normalized spacial score (nSPS) is 11.3. The number of benzene rings is 1. The Kier molecular flexibility index (Phi) is 6.53. The summed E-state index contributed by atoms with van der Waals surface area (Å²) in [6.45, 7) is 2.57. The lowest BCUT2D eigenvalue weighted by molar-refractivity contribution is -0.137. The predicted molar refractivity (Wildman–Crippen MR) is 104 cm³/mol. The Balaban J connectivity index is 1.54. The number of alkyl halides is 3. The number of pyridine rings is 1. The highest BCUT2D eigenvalue weighted by molar-refractivity contribution is 6.33. The van der Waals surface area contributed by atoms with Gasteiger partial charge in [-0.05, 0) is 42.7 Å². The number of aryl methyl sites for hydroxylation is 1. The van der Waals surface area contributed by atoms with E-state index in [0.717, 1.165) is 29.8 Å². The minimum absolute atomic E-state index is 0.282. The fourth-order valence-corrected chi connectivity index (χ4v) is 2.85. The van der Waals surface area contributed by atoms with Crippen LogP contribution in [0.4, 0.5) is 19.0 Å². The summed E-state index contributed by atoms with van der Waals surface area (Å²) in [6.07, 6.45) is 0.151. The van der Waals surface area contributed by atoms with Gasteiger partial charge in [0.15, 0.2) is 0 Å². The van der Waals surface area contributed by atoms with Crippen molar-refractivity contribution in [3.8, 4) is 11.6 Å². The van der Waals surface area contributed by atoms with Crippen LogP contribution in [-0.4, -0.2) is 21.5 Å². The van der Waals surface area contributed by atoms with E-state index >= 15 is 0 Å². The van der Waals surface area contributed by atoms with Crippen LogP contribution in [-0.2, 0) is 19.0 Å². The average molecular weight is 423 g/mol. The molecule has 0 saturated carbocycles. The van der Waals surface area contributed by atoms with Gasteiger partial charge in [-0.1, -0.05) is 24.6 Å². The lowest BCUT2D eigenvalue weighted by Crippen LogP contribution is -2.08. The van der Waals surface area contributed by atoms with Gasteiger partial charge in [0.1, 0.15) is 22.9 Å². The van der Waals surface area contributed by atoms with Gasteiger partial charge in [-0.3, -0.25) is 0 Å². The zero-order chi connectivity index (χ0) is 20.9. The number of nitrogens with one attached hydrogen (secondary N) is 1. The van der Waals surface area contributed by atoms with Crippen LogP contribution in [0, 0.1) is 0 Å². The van der Waals surface area contributed by atoms with Gasteiger partial charge in [0, 0.05) is 18.8 Å². The summed E-state index contributed by atoms with van der Waals surface area (Å²) in [4.78, 5) is 12.5. The molecule has 0 saturated heterocycles. The van der Waals surface area contributed by atoms with Gasteiger partial charge in [-0.15, -0.1) is 0 Å². The van der Waals surface area contributed by atoms with Crippen molar-refractivity contribution in [1.82, 2.24) is 15.0 Å². The summed E-state index contributed by atoms with van der Waals surface area (Å²) < 4.78 is 43.3. The second kappa shape index (κ2) is 9.09. The first-order valence-electron chi connectivity index (χ1n) is 8.90. The number of aromatic nitrogens is 3. The highest BCUT2D eigenvalue weighted by Crippen LogP contribution is 2.31. The number of hydrogen-bond acceptors (Lipinski definition) is 5. The van der Waals surface area contributed by atoms with E-state index in [1.54, 1.807) is 12.3 Å². The molecule has 3 rings (SSSR count). The van der Waals surface area contributed by atoms with Gasteiger partial charge in [-0.25, -0.2) is 15.0 Å². The van der Waals surface area contributed by atoms with E-state index in [2.05, 4.69) is 20.3 Å². The first-order valence-corrected chi connectivity index (χ1v) is 9.28. The summed E-state index contributed by atoms with van der Waals surface area (Å²) >= 11 is 6.24. The summed E-state index contributed by atoms with van der Waals surface area (Å²) in [7, 11) is 0. The molecule has 0 atom stereocenters. The average Bonchev–Trinajstić information content (AvgIpc) is 2.70. The lowest BCUT2D eigenvalue weighted by atomic mass is 10.2. The second-order valence-electron chi connectivity index (χ2n) is 6.14. The van der Waals surface area contributed by atoms with Crippen LogP contribution in [0.3, 0.4) is 0 Å². The molecule has 0 aliphatic carbocycles. The first kappa shape index (κ1) is 20.9. The molecule has 0 radical (unpaired) electrons. The van der Waals surface area contributed by atoms with Crippen LogP contribution >= 0.6 is 11.6 Å². The fourth-order valence-electron chi connectivity index (χ4n) is 2.55.